The summed E-state index contributed by atoms with van der Waals surface area (Å²) >= 11 is 6.32. The topological polar surface area (TPSA) is 105 Å². The molecule has 0 atom stereocenters. The van der Waals surface area contributed by atoms with Gasteiger partial charge >= 0.3 is 5.97 Å². The number of thiocarbonyl (C=S) groups is 1. The highest BCUT2D eigenvalue weighted by Gasteiger charge is 2.33. The van der Waals surface area contributed by atoms with Crippen molar-refractivity contribution in [2.24, 2.45) is 0 Å². The molecule has 1 saturated heterocycles. The number of hydrogen-bond acceptors (Lipinski definition) is 7. The van der Waals surface area contributed by atoms with Crippen LogP contribution >= 0.6 is 24.0 Å². The lowest BCUT2D eigenvalue weighted by atomic mass is 10.2. The first-order valence-electron chi connectivity index (χ1n) is 10.7. The molecule has 0 aromatic heterocycles. The first-order valence-corrected chi connectivity index (χ1v) is 11.9. The maximum atomic E-state index is 12.9. The Morgan fingerprint density at radius 1 is 0.972 bits per heavy atom. The molecule has 1 aliphatic heterocycles. The minimum absolute atomic E-state index is 0.181. The Labute approximate surface area is 216 Å². The highest BCUT2D eigenvalue weighted by molar-refractivity contribution is 8.26. The Morgan fingerprint density at radius 3 is 2.44 bits per heavy atom. The molecule has 1 aliphatic rings. The van der Waals surface area contributed by atoms with Gasteiger partial charge in [-0.3, -0.25) is 15.0 Å². The van der Waals surface area contributed by atoms with Crippen LogP contribution in [0, 0.1) is 0 Å². The molecular formula is C26H20N2O6S2. The van der Waals surface area contributed by atoms with E-state index in [2.05, 4.69) is 5.43 Å². The monoisotopic (exact) mass is 520 g/mol. The third-order valence-electron chi connectivity index (χ3n) is 4.89. The van der Waals surface area contributed by atoms with Gasteiger partial charge in [0.2, 0.25) is 0 Å². The van der Waals surface area contributed by atoms with Crippen LogP contribution in [0.5, 0.6) is 11.5 Å². The molecule has 4 rings (SSSR count). The number of carboxylic acids is 1. The summed E-state index contributed by atoms with van der Waals surface area (Å²) in [5.41, 5.74) is 4.53. The van der Waals surface area contributed by atoms with Crippen LogP contribution in [-0.4, -0.2) is 38.8 Å². The third kappa shape index (κ3) is 6.49. The summed E-state index contributed by atoms with van der Waals surface area (Å²) in [5, 5.41) is 9.78. The van der Waals surface area contributed by atoms with Crippen LogP contribution in [0.1, 0.15) is 21.5 Å². The predicted molar refractivity (Wildman–Crippen MR) is 139 cm³/mol. The van der Waals surface area contributed by atoms with Crippen LogP contribution in [-0.2, 0) is 16.2 Å². The molecule has 3 aromatic carbocycles. The smallest absolute Gasteiger partial charge is 0.341 e. The number of hydrazine groups is 1. The van der Waals surface area contributed by atoms with Gasteiger partial charge in [-0.05, 0) is 65.8 Å². The van der Waals surface area contributed by atoms with Crippen molar-refractivity contribution in [3.8, 4) is 11.5 Å². The lowest BCUT2D eigenvalue weighted by Crippen LogP contribution is -2.44. The van der Waals surface area contributed by atoms with Gasteiger partial charge in [0, 0.05) is 5.56 Å². The number of carbonyl (C=O) groups excluding carboxylic acids is 2. The molecule has 0 saturated carbocycles. The summed E-state index contributed by atoms with van der Waals surface area (Å²) in [5.74, 6) is -1.10. The van der Waals surface area contributed by atoms with Crippen LogP contribution in [0.15, 0.2) is 83.8 Å². The van der Waals surface area contributed by atoms with Gasteiger partial charge in [0.05, 0.1) is 4.91 Å². The van der Waals surface area contributed by atoms with E-state index in [1.54, 1.807) is 54.6 Å². The van der Waals surface area contributed by atoms with Crippen LogP contribution < -0.4 is 14.9 Å². The van der Waals surface area contributed by atoms with Gasteiger partial charge in [-0.25, -0.2) is 4.79 Å². The Morgan fingerprint density at radius 2 is 1.72 bits per heavy atom. The molecule has 10 heteroatoms. The fourth-order valence-corrected chi connectivity index (χ4v) is 4.34. The van der Waals surface area contributed by atoms with Gasteiger partial charge in [0.15, 0.2) is 10.9 Å². The molecule has 0 radical (unpaired) electrons. The molecule has 182 valence electrons. The second kappa shape index (κ2) is 11.5. The average molecular weight is 521 g/mol. The van der Waals surface area contributed by atoms with Crippen molar-refractivity contribution in [1.82, 2.24) is 10.4 Å². The Kier molecular flexibility index (Phi) is 7.99. The van der Waals surface area contributed by atoms with Crippen molar-refractivity contribution in [3.63, 3.8) is 0 Å². The molecule has 0 spiro atoms. The van der Waals surface area contributed by atoms with Crippen molar-refractivity contribution in [2.45, 2.75) is 6.61 Å². The number of carbonyl (C=O) groups is 3. The lowest BCUT2D eigenvalue weighted by Gasteiger charge is -2.15. The molecule has 3 aromatic rings. The van der Waals surface area contributed by atoms with Gasteiger partial charge in [-0.1, -0.05) is 54.2 Å². The number of carboxylic acid groups (broad SMARTS) is 1. The van der Waals surface area contributed by atoms with Gasteiger partial charge in [0.1, 0.15) is 18.1 Å². The van der Waals surface area contributed by atoms with E-state index in [4.69, 9.17) is 26.8 Å². The molecule has 2 N–H and O–H groups in total. The zero-order valence-electron chi connectivity index (χ0n) is 18.7. The van der Waals surface area contributed by atoms with E-state index in [1.807, 2.05) is 30.3 Å². The van der Waals surface area contributed by atoms with Crippen LogP contribution in [0.3, 0.4) is 0 Å². The highest BCUT2D eigenvalue weighted by atomic mass is 32.2. The Balaban J connectivity index is 1.37. The molecule has 1 heterocycles. The van der Waals surface area contributed by atoms with E-state index < -0.39 is 24.4 Å². The standard InChI is InChI=1S/C26H20N2O6S2/c29-23(30)16-34-21-8-4-7-18(13-21)14-22-25(32)28(26(35)36-22)27-24(31)19-9-11-20(12-10-19)33-15-17-5-2-1-3-6-17/h1-14H,15-16H2,(H,27,31)(H,29,30)/b22-14+. The highest BCUT2D eigenvalue weighted by Crippen LogP contribution is 2.32. The van der Waals surface area contributed by atoms with Gasteiger partial charge in [-0.15, -0.1) is 0 Å². The zero-order valence-corrected chi connectivity index (χ0v) is 20.4. The van der Waals surface area contributed by atoms with E-state index in [0.717, 1.165) is 22.3 Å². The molecule has 0 unspecified atom stereocenters. The molecule has 8 nitrogen and oxygen atoms in total. The van der Waals surface area contributed by atoms with Gasteiger partial charge in [0.25, 0.3) is 11.8 Å². The van der Waals surface area contributed by atoms with E-state index in [-0.39, 0.29) is 4.32 Å². The molecule has 36 heavy (non-hydrogen) atoms. The van der Waals surface area contributed by atoms with Crippen LogP contribution in [0.2, 0.25) is 0 Å². The van der Waals surface area contributed by atoms with Gasteiger partial charge < -0.3 is 14.6 Å². The average Bonchev–Trinajstić information content (AvgIpc) is 3.14. The normalized spacial score (nSPS) is 14.1. The maximum Gasteiger partial charge on any atom is 0.341 e. The summed E-state index contributed by atoms with van der Waals surface area (Å²) in [6.45, 7) is -0.0679. The maximum absolute atomic E-state index is 12.9. The second-order valence-electron chi connectivity index (χ2n) is 7.51. The van der Waals surface area contributed by atoms with Crippen molar-refractivity contribution in [3.05, 3.63) is 100 Å². The number of nitrogens with one attached hydrogen (secondary N) is 1. The van der Waals surface area contributed by atoms with Crippen molar-refractivity contribution >= 4 is 52.2 Å². The molecule has 0 aliphatic carbocycles. The van der Waals surface area contributed by atoms with Gasteiger partial charge in [-0.2, -0.15) is 5.01 Å². The number of ether oxygens (including phenoxy) is 2. The van der Waals surface area contributed by atoms with E-state index >= 15 is 0 Å². The summed E-state index contributed by atoms with van der Waals surface area (Å²) < 4.78 is 11.1. The van der Waals surface area contributed by atoms with E-state index in [0.29, 0.717) is 34.1 Å². The van der Waals surface area contributed by atoms with E-state index in [1.165, 1.54) is 0 Å². The quantitative estimate of drug-likeness (QED) is 0.318. The number of thioether (sulfide) groups is 1. The van der Waals surface area contributed by atoms with Crippen molar-refractivity contribution < 1.29 is 29.0 Å². The summed E-state index contributed by atoms with van der Waals surface area (Å²) in [6.07, 6.45) is 1.60. The van der Waals surface area contributed by atoms with Crippen LogP contribution in [0.25, 0.3) is 6.08 Å². The third-order valence-corrected chi connectivity index (χ3v) is 6.19. The second-order valence-corrected chi connectivity index (χ2v) is 9.19. The fourth-order valence-electron chi connectivity index (χ4n) is 3.16. The molecular weight excluding hydrogens is 500 g/mol. The summed E-state index contributed by atoms with van der Waals surface area (Å²) in [7, 11) is 0. The SMILES string of the molecule is O=C(O)COc1cccc(/C=C2/SC(=S)N(NC(=O)c3ccc(OCc4ccccc4)cc3)C2=O)c1. The number of aliphatic carboxylic acids is 1. The number of benzene rings is 3. The Hall–Kier alpha value is -4.15. The summed E-state index contributed by atoms with van der Waals surface area (Å²) in [6, 6.07) is 22.9. The minimum atomic E-state index is -1.09. The first-order chi connectivity index (χ1) is 17.4. The molecule has 0 bridgehead atoms. The van der Waals surface area contributed by atoms with E-state index in [9.17, 15) is 14.4 Å². The largest absolute Gasteiger partial charge is 0.489 e. The zero-order chi connectivity index (χ0) is 25.5. The molecule has 1 fully saturated rings. The fraction of sp³-hybridized carbons (Fsp3) is 0.0769. The number of hydrogen-bond donors (Lipinski definition) is 2. The van der Waals surface area contributed by atoms with Crippen molar-refractivity contribution in [2.75, 3.05) is 6.61 Å². The van der Waals surface area contributed by atoms with Crippen molar-refractivity contribution in [1.29, 1.82) is 0 Å². The number of amides is 2. The summed E-state index contributed by atoms with van der Waals surface area (Å²) in [4.78, 5) is 36.6. The Bertz CT molecular complexity index is 1330. The minimum Gasteiger partial charge on any atom is -0.489 e. The number of nitrogens with zero attached hydrogens (tertiary/aromatic N) is 1. The number of rotatable bonds is 9. The van der Waals surface area contributed by atoms with Crippen LogP contribution in [0.4, 0.5) is 0 Å². The predicted octanol–water partition coefficient (Wildman–Crippen LogP) is 4.28. The molecule has 2 amide bonds. The first kappa shape index (κ1) is 25.0. The lowest BCUT2D eigenvalue weighted by molar-refractivity contribution is -0.139.